The molecule has 0 aliphatic carbocycles. The van der Waals surface area contributed by atoms with E-state index in [-0.39, 0.29) is 0 Å². The Morgan fingerprint density at radius 2 is 2.14 bits per heavy atom. The van der Waals surface area contributed by atoms with Gasteiger partial charge in [0, 0.05) is 7.05 Å². The van der Waals surface area contributed by atoms with E-state index in [2.05, 4.69) is 15.5 Å². The highest BCUT2D eigenvalue weighted by Gasteiger charge is 2.09. The zero-order valence-electron chi connectivity index (χ0n) is 8.50. The van der Waals surface area contributed by atoms with Crippen LogP contribution >= 0.6 is 0 Å². The zero-order chi connectivity index (χ0) is 10.3. The Morgan fingerprint density at radius 3 is 2.79 bits per heavy atom. The molecule has 14 heavy (non-hydrogen) atoms. The summed E-state index contributed by atoms with van der Waals surface area (Å²) in [6, 6.07) is 1.91. The lowest BCUT2D eigenvalue weighted by molar-refractivity contribution is 0.781. The molecule has 2 aromatic heterocycles. The number of nitrogens with two attached hydrogens (primary N) is 1. The first-order valence-electron chi connectivity index (χ1n) is 4.41. The van der Waals surface area contributed by atoms with Crippen molar-refractivity contribution >= 4 is 16.9 Å². The van der Waals surface area contributed by atoms with Crippen molar-refractivity contribution in [2.45, 2.75) is 13.8 Å². The molecule has 74 valence electrons. The van der Waals surface area contributed by atoms with Crippen molar-refractivity contribution in [3.8, 4) is 0 Å². The molecule has 0 spiro atoms. The van der Waals surface area contributed by atoms with Gasteiger partial charge in [-0.15, -0.1) is 0 Å². The molecule has 0 amide bonds. The third-order valence-electron chi connectivity index (χ3n) is 2.30. The van der Waals surface area contributed by atoms with Crippen molar-refractivity contribution in [3.05, 3.63) is 17.3 Å². The second kappa shape index (κ2) is 2.95. The van der Waals surface area contributed by atoms with Crippen LogP contribution < -0.4 is 11.3 Å². The number of hydrazine groups is 1. The van der Waals surface area contributed by atoms with Gasteiger partial charge in [-0.1, -0.05) is 0 Å². The van der Waals surface area contributed by atoms with Gasteiger partial charge in [0.15, 0.2) is 0 Å². The molecule has 0 saturated carbocycles. The summed E-state index contributed by atoms with van der Waals surface area (Å²) >= 11 is 0. The summed E-state index contributed by atoms with van der Waals surface area (Å²) in [4.78, 5) is 4.36. The number of hydrogen-bond donors (Lipinski definition) is 2. The van der Waals surface area contributed by atoms with Crippen molar-refractivity contribution < 1.29 is 0 Å². The van der Waals surface area contributed by atoms with Gasteiger partial charge in [-0.3, -0.25) is 4.68 Å². The van der Waals surface area contributed by atoms with E-state index in [0.29, 0.717) is 5.82 Å². The number of nitrogen functional groups attached to an aromatic ring is 1. The number of hydrogen-bond acceptors (Lipinski definition) is 4. The van der Waals surface area contributed by atoms with Gasteiger partial charge in [0.05, 0.1) is 11.2 Å². The van der Waals surface area contributed by atoms with Crippen molar-refractivity contribution in [2.24, 2.45) is 12.9 Å². The van der Waals surface area contributed by atoms with Gasteiger partial charge in [-0.25, -0.2) is 10.8 Å². The Kier molecular flexibility index (Phi) is 1.89. The summed E-state index contributed by atoms with van der Waals surface area (Å²) in [5.74, 6) is 6.00. The first-order valence-corrected chi connectivity index (χ1v) is 4.41. The molecule has 0 bridgehead atoms. The van der Waals surface area contributed by atoms with Crippen LogP contribution in [0.3, 0.4) is 0 Å². The summed E-state index contributed by atoms with van der Waals surface area (Å²) in [5, 5.41) is 4.31. The van der Waals surface area contributed by atoms with Crippen molar-refractivity contribution in [1.29, 1.82) is 0 Å². The topological polar surface area (TPSA) is 68.8 Å². The molecule has 0 fully saturated rings. The summed E-state index contributed by atoms with van der Waals surface area (Å²) in [7, 11) is 1.92. The minimum Gasteiger partial charge on any atom is -0.308 e. The fourth-order valence-electron chi connectivity index (χ4n) is 1.72. The van der Waals surface area contributed by atoms with Crippen LogP contribution in [-0.2, 0) is 7.05 Å². The molecule has 0 aliphatic rings. The van der Waals surface area contributed by atoms with Crippen molar-refractivity contribution in [1.82, 2.24) is 14.8 Å². The third kappa shape index (κ3) is 1.13. The van der Waals surface area contributed by atoms with Crippen LogP contribution in [0.5, 0.6) is 0 Å². The maximum absolute atomic E-state index is 5.33. The number of aromatic nitrogens is 3. The Balaban J connectivity index is 2.86. The van der Waals surface area contributed by atoms with Gasteiger partial charge in [0.2, 0.25) is 0 Å². The summed E-state index contributed by atoms with van der Waals surface area (Å²) in [6.45, 7) is 3.96. The quantitative estimate of drug-likeness (QED) is 0.518. The third-order valence-corrected chi connectivity index (χ3v) is 2.30. The molecule has 3 N–H and O–H groups in total. The van der Waals surface area contributed by atoms with E-state index in [9.17, 15) is 0 Å². The van der Waals surface area contributed by atoms with E-state index < -0.39 is 0 Å². The van der Waals surface area contributed by atoms with E-state index in [1.807, 2.05) is 31.6 Å². The van der Waals surface area contributed by atoms with E-state index >= 15 is 0 Å². The SMILES string of the molecule is Cc1nn(C)c2c(C)cc(NN)nc12. The van der Waals surface area contributed by atoms with Crippen LogP contribution in [-0.4, -0.2) is 14.8 Å². The van der Waals surface area contributed by atoms with Gasteiger partial charge in [-0.05, 0) is 25.5 Å². The van der Waals surface area contributed by atoms with Crippen LogP contribution in [0.1, 0.15) is 11.3 Å². The molecule has 2 rings (SSSR count). The standard InChI is InChI=1S/C9H13N5/c1-5-4-7(12-10)11-8-6(2)13-14(3)9(5)8/h4H,10H2,1-3H3,(H,11,12). The molecule has 0 saturated heterocycles. The number of fused-ring (bicyclic) bond motifs is 1. The van der Waals surface area contributed by atoms with Gasteiger partial charge >= 0.3 is 0 Å². The minimum atomic E-state index is 0.672. The maximum Gasteiger partial charge on any atom is 0.141 e. The molecule has 0 aromatic carbocycles. The number of anilines is 1. The molecule has 5 nitrogen and oxygen atoms in total. The van der Waals surface area contributed by atoms with Crippen LogP contribution in [0.2, 0.25) is 0 Å². The lowest BCUT2D eigenvalue weighted by Gasteiger charge is -2.03. The highest BCUT2D eigenvalue weighted by Crippen LogP contribution is 2.21. The van der Waals surface area contributed by atoms with Crippen LogP contribution in [0.4, 0.5) is 5.82 Å². The maximum atomic E-state index is 5.33. The highest BCUT2D eigenvalue weighted by atomic mass is 15.3. The van der Waals surface area contributed by atoms with Gasteiger partial charge in [-0.2, -0.15) is 5.10 Å². The largest absolute Gasteiger partial charge is 0.308 e. The number of aryl methyl sites for hydroxylation is 3. The fraction of sp³-hybridized carbons (Fsp3) is 0.333. The first-order chi connectivity index (χ1) is 6.63. The zero-order valence-corrected chi connectivity index (χ0v) is 8.50. The monoisotopic (exact) mass is 191 g/mol. The Bertz CT molecular complexity index is 485. The lowest BCUT2D eigenvalue weighted by Crippen LogP contribution is -2.08. The summed E-state index contributed by atoms with van der Waals surface area (Å²) in [5.41, 5.74) is 6.54. The second-order valence-corrected chi connectivity index (χ2v) is 3.37. The molecular weight excluding hydrogens is 178 g/mol. The van der Waals surface area contributed by atoms with Gasteiger partial charge in [0.1, 0.15) is 11.3 Å². The predicted molar refractivity (Wildman–Crippen MR) is 55.8 cm³/mol. The second-order valence-electron chi connectivity index (χ2n) is 3.37. The normalized spacial score (nSPS) is 10.9. The van der Waals surface area contributed by atoms with Crippen molar-refractivity contribution in [2.75, 3.05) is 5.43 Å². The molecule has 0 unspecified atom stereocenters. The number of nitrogens with one attached hydrogen (secondary N) is 1. The van der Waals surface area contributed by atoms with Crippen LogP contribution in [0.25, 0.3) is 11.0 Å². The lowest BCUT2D eigenvalue weighted by atomic mass is 10.2. The van der Waals surface area contributed by atoms with Gasteiger partial charge in [0.25, 0.3) is 0 Å². The Hall–Kier alpha value is -1.62. The summed E-state index contributed by atoms with van der Waals surface area (Å²) in [6.07, 6.45) is 0. The van der Waals surface area contributed by atoms with Gasteiger partial charge < -0.3 is 5.43 Å². The van der Waals surface area contributed by atoms with E-state index in [1.54, 1.807) is 0 Å². The van der Waals surface area contributed by atoms with Crippen molar-refractivity contribution in [3.63, 3.8) is 0 Å². The number of rotatable bonds is 1. The average molecular weight is 191 g/mol. The van der Waals surface area contributed by atoms with Crippen LogP contribution in [0, 0.1) is 13.8 Å². The molecular formula is C9H13N5. The minimum absolute atomic E-state index is 0.672. The molecule has 0 aliphatic heterocycles. The predicted octanol–water partition coefficient (Wildman–Crippen LogP) is 0.871. The Morgan fingerprint density at radius 1 is 1.43 bits per heavy atom. The van der Waals surface area contributed by atoms with Crippen LogP contribution in [0.15, 0.2) is 6.07 Å². The highest BCUT2D eigenvalue weighted by molar-refractivity contribution is 5.82. The average Bonchev–Trinajstić information content (AvgIpc) is 2.42. The van der Waals surface area contributed by atoms with E-state index in [4.69, 9.17) is 5.84 Å². The van der Waals surface area contributed by atoms with E-state index in [1.165, 1.54) is 0 Å². The Labute approximate surface area is 81.9 Å². The molecule has 2 aromatic rings. The van der Waals surface area contributed by atoms with E-state index in [0.717, 1.165) is 22.3 Å². The molecule has 0 atom stereocenters. The molecule has 2 heterocycles. The fourth-order valence-corrected chi connectivity index (χ4v) is 1.72. The molecule has 0 radical (unpaired) electrons. The smallest absolute Gasteiger partial charge is 0.141 e. The number of nitrogens with zero attached hydrogens (tertiary/aromatic N) is 3. The first kappa shape index (κ1) is 8.96. The molecule has 5 heteroatoms. The summed E-state index contributed by atoms with van der Waals surface area (Å²) < 4.78 is 1.84. The number of pyridine rings is 1.